The Morgan fingerprint density at radius 1 is 0.338 bits per heavy atom. The van der Waals surface area contributed by atoms with Gasteiger partial charge in [-0.1, -0.05) is 145 Å². The lowest BCUT2D eigenvalue weighted by molar-refractivity contribution is 0.719. The molecule has 6 nitrogen and oxygen atoms in total. The van der Waals surface area contributed by atoms with Gasteiger partial charge in [-0.2, -0.15) is 0 Å². The number of nitrogens with zero attached hydrogens (tertiary/aromatic N) is 6. The van der Waals surface area contributed by atoms with E-state index in [1.165, 1.54) is 53.2 Å². The fourth-order valence-electron chi connectivity index (χ4n) is 12.4. The van der Waals surface area contributed by atoms with Gasteiger partial charge in [0.1, 0.15) is 0 Å². The van der Waals surface area contributed by atoms with Crippen LogP contribution in [0.3, 0.4) is 0 Å². The molecule has 16 rings (SSSR count). The highest BCUT2D eigenvalue weighted by atomic mass is 32.2. The summed E-state index contributed by atoms with van der Waals surface area (Å²) in [5, 5.41) is 7.26. The molecule has 0 saturated carbocycles. The van der Waals surface area contributed by atoms with E-state index in [2.05, 4.69) is 220 Å². The molecule has 71 heavy (non-hydrogen) atoms. The predicted octanol–water partition coefficient (Wildman–Crippen LogP) is 15.7. The fraction of sp³-hybridized carbons (Fsp3) is 0.0156. The summed E-state index contributed by atoms with van der Waals surface area (Å²) in [6, 6.07) is 77.5. The zero-order valence-electron chi connectivity index (χ0n) is 38.0. The second kappa shape index (κ2) is 14.5. The molecule has 1 unspecified atom stereocenters. The van der Waals surface area contributed by atoms with E-state index < -0.39 is 5.41 Å². The van der Waals surface area contributed by atoms with Crippen molar-refractivity contribution in [1.82, 2.24) is 28.7 Å². The largest absolute Gasteiger partial charge is 0.308 e. The number of pyridine rings is 3. The first-order valence-electron chi connectivity index (χ1n) is 24.1. The molecule has 0 radical (unpaired) electrons. The van der Waals surface area contributed by atoms with E-state index in [1.54, 1.807) is 0 Å². The first-order chi connectivity index (χ1) is 35.2. The monoisotopic (exact) mass is 922 g/mol. The zero-order chi connectivity index (χ0) is 46.4. The van der Waals surface area contributed by atoms with Gasteiger partial charge in [0.15, 0.2) is 5.82 Å². The summed E-state index contributed by atoms with van der Waals surface area (Å²) in [7, 11) is 0. The van der Waals surface area contributed by atoms with Gasteiger partial charge in [0.25, 0.3) is 0 Å². The van der Waals surface area contributed by atoms with E-state index in [0.29, 0.717) is 0 Å². The Bertz CT molecular complexity index is 4490. The molecular formula is C64H38N6S. The Balaban J connectivity index is 0.886. The van der Waals surface area contributed by atoms with Crippen molar-refractivity contribution in [2.75, 3.05) is 0 Å². The fourth-order valence-corrected chi connectivity index (χ4v) is 13.6. The topological polar surface area (TPSA) is 53.5 Å². The molecular weight excluding hydrogens is 885 g/mol. The van der Waals surface area contributed by atoms with E-state index in [-0.39, 0.29) is 0 Å². The van der Waals surface area contributed by atoms with Crippen LogP contribution < -0.4 is 0 Å². The Morgan fingerprint density at radius 2 is 0.845 bits per heavy atom. The zero-order valence-corrected chi connectivity index (χ0v) is 38.8. The smallest absolute Gasteiger partial charge is 0.162 e. The molecule has 1 aliphatic heterocycles. The molecule has 0 N–H and O–H groups in total. The third-order valence-electron chi connectivity index (χ3n) is 15.3. The molecule has 0 saturated heterocycles. The molecule has 14 aromatic rings. The van der Waals surface area contributed by atoms with Crippen LogP contribution in [-0.4, -0.2) is 28.7 Å². The number of fused-ring (bicyclic) bond motifs is 18. The molecule has 1 aliphatic carbocycles. The lowest BCUT2D eigenvalue weighted by Gasteiger charge is -2.39. The molecule has 0 bridgehead atoms. The Kier molecular flexibility index (Phi) is 7.94. The summed E-state index contributed by atoms with van der Waals surface area (Å²) in [6.45, 7) is 0. The summed E-state index contributed by atoms with van der Waals surface area (Å²) in [6.07, 6.45) is 5.86. The third kappa shape index (κ3) is 5.20. The quantitative estimate of drug-likeness (QED) is 0.176. The van der Waals surface area contributed by atoms with Crippen molar-refractivity contribution in [1.29, 1.82) is 0 Å². The summed E-state index contributed by atoms with van der Waals surface area (Å²) in [5.74, 6) is 0.884. The highest BCUT2D eigenvalue weighted by Gasteiger charge is 2.52. The van der Waals surface area contributed by atoms with Crippen molar-refractivity contribution < 1.29 is 0 Å². The lowest BCUT2D eigenvalue weighted by atomic mass is 9.67. The van der Waals surface area contributed by atoms with E-state index in [9.17, 15) is 0 Å². The maximum atomic E-state index is 5.36. The van der Waals surface area contributed by atoms with Crippen LogP contribution in [0.25, 0.3) is 105 Å². The highest BCUT2D eigenvalue weighted by Crippen LogP contribution is 2.62. The Morgan fingerprint density at radius 3 is 1.55 bits per heavy atom. The van der Waals surface area contributed by atoms with Crippen molar-refractivity contribution in [2.24, 2.45) is 0 Å². The molecule has 6 aromatic heterocycles. The number of rotatable bonds is 4. The van der Waals surface area contributed by atoms with Crippen LogP contribution in [0.15, 0.2) is 241 Å². The van der Waals surface area contributed by atoms with Gasteiger partial charge in [0.2, 0.25) is 0 Å². The van der Waals surface area contributed by atoms with Gasteiger partial charge in [-0.05, 0) is 107 Å². The van der Waals surface area contributed by atoms with Crippen LogP contribution in [0, 0.1) is 0 Å². The van der Waals surface area contributed by atoms with Crippen LogP contribution >= 0.6 is 11.8 Å². The average Bonchev–Trinajstić information content (AvgIpc) is 4.15. The molecule has 7 heterocycles. The second-order valence-electron chi connectivity index (χ2n) is 18.7. The summed E-state index contributed by atoms with van der Waals surface area (Å²) in [5.41, 5.74) is 17.2. The van der Waals surface area contributed by atoms with E-state index in [1.807, 2.05) is 36.4 Å². The highest BCUT2D eigenvalue weighted by molar-refractivity contribution is 7.99. The summed E-state index contributed by atoms with van der Waals surface area (Å²) < 4.78 is 7.10. The van der Waals surface area contributed by atoms with E-state index in [0.717, 1.165) is 83.9 Å². The lowest BCUT2D eigenvalue weighted by Crippen LogP contribution is -2.32. The maximum Gasteiger partial charge on any atom is 0.162 e. The minimum absolute atomic E-state index is 0.648. The summed E-state index contributed by atoms with van der Waals surface area (Å²) in [4.78, 5) is 18.1. The minimum atomic E-state index is -0.648. The van der Waals surface area contributed by atoms with Crippen LogP contribution in [0.1, 0.15) is 22.3 Å². The van der Waals surface area contributed by atoms with Crippen molar-refractivity contribution in [2.45, 2.75) is 15.2 Å². The van der Waals surface area contributed by atoms with Gasteiger partial charge in [-0.25, -0.2) is 4.98 Å². The SMILES string of the molecule is c1ccc2c(c1)Sc1cc(-c3ccc4c(c3)c3ccccc3n4-c3ncccc3-n3c4ccccc4c4ccccc43)ccc1C21c2cccnc2-c2ncc(-n3c4ccccc4c4ccccc43)cc21. The first kappa shape index (κ1) is 38.9. The Labute approximate surface area is 411 Å². The second-order valence-corrected chi connectivity index (χ2v) is 19.8. The Hall–Kier alpha value is -9.04. The molecule has 0 fully saturated rings. The first-order valence-corrected chi connectivity index (χ1v) is 24.9. The number of para-hydroxylation sites is 5. The van der Waals surface area contributed by atoms with Crippen LogP contribution in [-0.2, 0) is 5.41 Å². The number of hydrogen-bond acceptors (Lipinski definition) is 4. The number of benzene rings is 8. The third-order valence-corrected chi connectivity index (χ3v) is 16.4. The molecule has 2 aliphatic rings. The van der Waals surface area contributed by atoms with Crippen molar-refractivity contribution >= 4 is 77.2 Å². The molecule has 7 heteroatoms. The average molecular weight is 923 g/mol. The summed E-state index contributed by atoms with van der Waals surface area (Å²) >= 11 is 1.86. The van der Waals surface area contributed by atoms with Gasteiger partial charge >= 0.3 is 0 Å². The van der Waals surface area contributed by atoms with Crippen LogP contribution in [0.4, 0.5) is 0 Å². The van der Waals surface area contributed by atoms with Crippen molar-refractivity contribution in [3.05, 3.63) is 253 Å². The maximum absolute atomic E-state index is 5.36. The predicted molar refractivity (Wildman–Crippen MR) is 290 cm³/mol. The molecule has 330 valence electrons. The van der Waals surface area contributed by atoms with Gasteiger partial charge < -0.3 is 9.13 Å². The number of hydrogen-bond donors (Lipinski definition) is 0. The molecule has 1 spiro atoms. The molecule has 1 atom stereocenters. The van der Waals surface area contributed by atoms with Gasteiger partial charge in [-0.3, -0.25) is 14.5 Å². The van der Waals surface area contributed by atoms with Crippen LogP contribution in [0.5, 0.6) is 0 Å². The van der Waals surface area contributed by atoms with Crippen LogP contribution in [0.2, 0.25) is 0 Å². The van der Waals surface area contributed by atoms with E-state index in [4.69, 9.17) is 15.0 Å². The minimum Gasteiger partial charge on any atom is -0.308 e. The standard InChI is InChI=1S/C64H38N6S/c1-7-22-52-42(15-1)43-16-2-8-23-53(43)68(52)41-37-51-62(67-38-41)61-50(21-13-33-65-61)64(51)48-20-6-12-28-59(48)71-60-36-40(29-31-49(60)64)39-30-32-57-47(35-39)46-19-5-11-26-56(46)70(57)63-58(27-14-34-66-63)69-54-24-9-3-17-44(54)45-18-4-10-25-55(45)69/h1-38H. The van der Waals surface area contributed by atoms with E-state index >= 15 is 0 Å². The molecule has 8 aromatic carbocycles. The normalized spacial score (nSPS) is 14.8. The van der Waals surface area contributed by atoms with Gasteiger partial charge in [-0.15, -0.1) is 0 Å². The number of aromatic nitrogens is 6. The van der Waals surface area contributed by atoms with Gasteiger partial charge in [0, 0.05) is 60.1 Å². The molecule has 0 amide bonds. The van der Waals surface area contributed by atoms with Crippen molar-refractivity contribution in [3.63, 3.8) is 0 Å². The van der Waals surface area contributed by atoms with Crippen molar-refractivity contribution in [3.8, 4) is 39.7 Å². The van der Waals surface area contributed by atoms with Gasteiger partial charge in [0.05, 0.1) is 67.5 Å².